The molecule has 0 bridgehead atoms. The van der Waals surface area contributed by atoms with E-state index in [0.29, 0.717) is 6.42 Å². The van der Waals surface area contributed by atoms with Crippen molar-refractivity contribution in [1.82, 2.24) is 0 Å². The Hall–Kier alpha value is -1.88. The summed E-state index contributed by atoms with van der Waals surface area (Å²) < 4.78 is 11.2. The highest BCUT2D eigenvalue weighted by Crippen LogP contribution is 2.36. The molecular weight excluding hydrogens is 320 g/mol. The molecule has 1 heterocycles. The number of esters is 2. The van der Waals surface area contributed by atoms with E-state index >= 15 is 0 Å². The predicted octanol–water partition coefficient (Wildman–Crippen LogP) is 3.09. The summed E-state index contributed by atoms with van der Waals surface area (Å²) in [6, 6.07) is 0. The molecule has 5 heteroatoms. The molecule has 0 aromatic heterocycles. The minimum Gasteiger partial charge on any atom is -0.454 e. The summed E-state index contributed by atoms with van der Waals surface area (Å²) >= 11 is 0. The Labute approximate surface area is 149 Å². The van der Waals surface area contributed by atoms with Gasteiger partial charge in [-0.05, 0) is 38.7 Å². The Balaban J connectivity index is 2.41. The van der Waals surface area contributed by atoms with Crippen LogP contribution in [0.25, 0.3) is 0 Å². The van der Waals surface area contributed by atoms with Crippen LogP contribution in [-0.4, -0.2) is 35.4 Å². The van der Waals surface area contributed by atoms with Crippen LogP contribution in [0.5, 0.6) is 0 Å². The van der Waals surface area contributed by atoms with Crippen molar-refractivity contribution in [2.45, 2.75) is 65.3 Å². The first-order valence-electron chi connectivity index (χ1n) is 8.88. The highest BCUT2D eigenvalue weighted by atomic mass is 16.6. The Bertz CT molecular complexity index is 616. The lowest BCUT2D eigenvalue weighted by Crippen LogP contribution is -2.41. The summed E-state index contributed by atoms with van der Waals surface area (Å²) in [5.74, 6) is -1.74. The first-order valence-corrected chi connectivity index (χ1v) is 8.88. The standard InChI is InChI=1S/C20H28O5/c1-6-12(3)19(22)24-17-13(4)9-7-8-11(2)10-15(21)16-14(5)20(23)25-18(16)17/h9-10,12,15-18,21H,5-8H2,1-4H3. The number of carbonyl (C=O) groups is 2. The molecule has 1 saturated heterocycles. The molecule has 0 amide bonds. The molecule has 0 radical (unpaired) electrons. The fourth-order valence-electron chi connectivity index (χ4n) is 3.21. The van der Waals surface area contributed by atoms with E-state index in [2.05, 4.69) is 6.58 Å². The van der Waals surface area contributed by atoms with Crippen molar-refractivity contribution in [3.8, 4) is 0 Å². The van der Waals surface area contributed by atoms with Crippen molar-refractivity contribution in [2.75, 3.05) is 0 Å². The van der Waals surface area contributed by atoms with Crippen LogP contribution >= 0.6 is 0 Å². The van der Waals surface area contributed by atoms with Gasteiger partial charge in [0.1, 0.15) is 0 Å². The first-order chi connectivity index (χ1) is 11.8. The van der Waals surface area contributed by atoms with Crippen molar-refractivity contribution < 1.29 is 24.2 Å². The molecule has 5 nitrogen and oxygen atoms in total. The Morgan fingerprint density at radius 2 is 2.16 bits per heavy atom. The number of allylic oxidation sites excluding steroid dienone is 2. The van der Waals surface area contributed by atoms with E-state index in [-0.39, 0.29) is 17.5 Å². The van der Waals surface area contributed by atoms with Gasteiger partial charge in [0.15, 0.2) is 12.2 Å². The van der Waals surface area contributed by atoms with Crippen molar-refractivity contribution in [3.05, 3.63) is 35.5 Å². The van der Waals surface area contributed by atoms with E-state index in [9.17, 15) is 14.7 Å². The molecule has 0 aromatic carbocycles. The minimum absolute atomic E-state index is 0.222. The monoisotopic (exact) mass is 348 g/mol. The van der Waals surface area contributed by atoms with Gasteiger partial charge in [-0.3, -0.25) is 4.79 Å². The number of fused-ring (bicyclic) bond motifs is 1. The van der Waals surface area contributed by atoms with Crippen molar-refractivity contribution >= 4 is 11.9 Å². The average Bonchev–Trinajstić information content (AvgIpc) is 2.85. The van der Waals surface area contributed by atoms with Crippen LogP contribution in [0.15, 0.2) is 35.5 Å². The third-order valence-corrected chi connectivity index (χ3v) is 5.09. The number of hydrogen-bond acceptors (Lipinski definition) is 5. The van der Waals surface area contributed by atoms with Crippen LogP contribution in [0.1, 0.15) is 47.0 Å². The normalized spacial score (nSPS) is 31.4. The van der Waals surface area contributed by atoms with Gasteiger partial charge in [0.05, 0.1) is 17.9 Å². The lowest BCUT2D eigenvalue weighted by molar-refractivity contribution is -0.163. The van der Waals surface area contributed by atoms with E-state index in [1.54, 1.807) is 13.0 Å². The maximum Gasteiger partial charge on any atom is 0.334 e. The van der Waals surface area contributed by atoms with E-state index < -0.39 is 30.2 Å². The van der Waals surface area contributed by atoms with E-state index in [4.69, 9.17) is 9.47 Å². The molecule has 138 valence electrons. The highest BCUT2D eigenvalue weighted by molar-refractivity contribution is 5.91. The van der Waals surface area contributed by atoms with E-state index in [1.165, 1.54) is 0 Å². The summed E-state index contributed by atoms with van der Waals surface area (Å²) in [5, 5.41) is 10.6. The lowest BCUT2D eigenvalue weighted by atomic mass is 9.84. The first kappa shape index (κ1) is 19.4. The average molecular weight is 348 g/mol. The van der Waals surface area contributed by atoms with E-state index in [0.717, 1.165) is 24.0 Å². The van der Waals surface area contributed by atoms with Crippen molar-refractivity contribution in [1.29, 1.82) is 0 Å². The van der Waals surface area contributed by atoms with Gasteiger partial charge in [-0.1, -0.05) is 38.2 Å². The molecule has 25 heavy (non-hydrogen) atoms. The smallest absolute Gasteiger partial charge is 0.334 e. The summed E-state index contributed by atoms with van der Waals surface area (Å²) in [4.78, 5) is 24.4. The molecule has 1 aliphatic carbocycles. The number of aliphatic hydroxyl groups excluding tert-OH is 1. The van der Waals surface area contributed by atoms with Gasteiger partial charge in [0, 0.05) is 5.57 Å². The van der Waals surface area contributed by atoms with Gasteiger partial charge in [-0.25, -0.2) is 4.79 Å². The maximum absolute atomic E-state index is 12.3. The Morgan fingerprint density at radius 1 is 1.48 bits per heavy atom. The number of ether oxygens (including phenoxy) is 2. The van der Waals surface area contributed by atoms with Crippen LogP contribution in [-0.2, 0) is 19.1 Å². The van der Waals surface area contributed by atoms with Gasteiger partial charge in [0.2, 0.25) is 0 Å². The van der Waals surface area contributed by atoms with Gasteiger partial charge in [-0.15, -0.1) is 0 Å². The summed E-state index contributed by atoms with van der Waals surface area (Å²) in [7, 11) is 0. The van der Waals surface area contributed by atoms with Gasteiger partial charge >= 0.3 is 11.9 Å². The third kappa shape index (κ3) is 4.21. The molecule has 2 aliphatic rings. The Kier molecular flexibility index (Phi) is 6.22. The van der Waals surface area contributed by atoms with Crippen LogP contribution < -0.4 is 0 Å². The second-order valence-corrected chi connectivity index (χ2v) is 7.08. The van der Waals surface area contributed by atoms with E-state index in [1.807, 2.05) is 26.8 Å². The fourth-order valence-corrected chi connectivity index (χ4v) is 3.21. The predicted molar refractivity (Wildman–Crippen MR) is 94.6 cm³/mol. The molecule has 5 unspecified atom stereocenters. The molecule has 0 saturated carbocycles. The number of rotatable bonds is 3. The van der Waals surface area contributed by atoms with Crippen molar-refractivity contribution in [3.63, 3.8) is 0 Å². The van der Waals surface area contributed by atoms with Crippen LogP contribution in [0.3, 0.4) is 0 Å². The fraction of sp³-hybridized carbons (Fsp3) is 0.600. The molecule has 1 fully saturated rings. The minimum atomic E-state index is -0.903. The zero-order chi connectivity index (χ0) is 18.7. The largest absolute Gasteiger partial charge is 0.454 e. The third-order valence-electron chi connectivity index (χ3n) is 5.09. The summed E-state index contributed by atoms with van der Waals surface area (Å²) in [5.41, 5.74) is 2.09. The molecule has 1 N–H and O–H groups in total. The summed E-state index contributed by atoms with van der Waals surface area (Å²) in [6.07, 6.45) is 3.60. The van der Waals surface area contributed by atoms with Crippen LogP contribution in [0.2, 0.25) is 0 Å². The number of hydrogen-bond donors (Lipinski definition) is 1. The van der Waals surface area contributed by atoms with Gasteiger partial charge in [0.25, 0.3) is 0 Å². The number of aliphatic hydroxyl groups is 1. The molecule has 0 aromatic rings. The highest BCUT2D eigenvalue weighted by Gasteiger charge is 2.48. The second-order valence-electron chi connectivity index (χ2n) is 7.08. The van der Waals surface area contributed by atoms with Crippen LogP contribution in [0, 0.1) is 11.8 Å². The molecule has 2 rings (SSSR count). The zero-order valence-electron chi connectivity index (χ0n) is 15.5. The van der Waals surface area contributed by atoms with Crippen molar-refractivity contribution in [2.24, 2.45) is 11.8 Å². The quantitative estimate of drug-likeness (QED) is 0.482. The molecule has 5 atom stereocenters. The number of carbonyl (C=O) groups excluding carboxylic acids is 2. The van der Waals surface area contributed by atoms with Gasteiger partial charge in [-0.2, -0.15) is 0 Å². The summed E-state index contributed by atoms with van der Waals surface area (Å²) in [6.45, 7) is 11.3. The lowest BCUT2D eigenvalue weighted by Gasteiger charge is -2.30. The molecule has 0 spiro atoms. The SMILES string of the molecule is C=C1C(=O)OC2C(OC(=O)C(C)CC)C(C)=CCCC(C)=CC(O)C12. The Morgan fingerprint density at radius 3 is 2.80 bits per heavy atom. The molecular formula is C20H28O5. The second kappa shape index (κ2) is 8.00. The molecule has 1 aliphatic heterocycles. The maximum atomic E-state index is 12.3. The van der Waals surface area contributed by atoms with Gasteiger partial charge < -0.3 is 14.6 Å². The topological polar surface area (TPSA) is 72.8 Å². The van der Waals surface area contributed by atoms with Crippen LogP contribution in [0.4, 0.5) is 0 Å². The zero-order valence-corrected chi connectivity index (χ0v) is 15.5.